The fourth-order valence-corrected chi connectivity index (χ4v) is 4.23. The topological polar surface area (TPSA) is 76.7 Å². The quantitative estimate of drug-likeness (QED) is 0.497. The number of urea groups is 1. The Labute approximate surface area is 188 Å². The summed E-state index contributed by atoms with van der Waals surface area (Å²) in [6.45, 7) is 2.28. The lowest BCUT2D eigenvalue weighted by molar-refractivity contribution is -0.144. The number of anilines is 2. The number of amides is 2. The molecule has 0 unspecified atom stereocenters. The van der Waals surface area contributed by atoms with Crippen molar-refractivity contribution in [2.45, 2.75) is 44.9 Å². The van der Waals surface area contributed by atoms with Crippen molar-refractivity contribution in [2.24, 2.45) is 5.92 Å². The molecular weight excluding hydrogens is 416 g/mol. The van der Waals surface area contributed by atoms with Crippen LogP contribution in [-0.2, 0) is 9.53 Å². The molecule has 166 valence electrons. The van der Waals surface area contributed by atoms with Crippen LogP contribution in [0, 0.1) is 5.92 Å². The zero-order valence-electron chi connectivity index (χ0n) is 17.9. The Hall–Kier alpha value is -2.73. The zero-order valence-corrected chi connectivity index (χ0v) is 18.7. The van der Waals surface area contributed by atoms with Gasteiger partial charge in [-0.25, -0.2) is 4.79 Å². The Balaban J connectivity index is 1.51. The minimum atomic E-state index is -0.368. The molecule has 1 saturated carbocycles. The third-order valence-corrected chi connectivity index (χ3v) is 5.89. The molecule has 7 heteroatoms. The number of halogens is 1. The Morgan fingerprint density at radius 3 is 2.39 bits per heavy atom. The van der Waals surface area contributed by atoms with Crippen LogP contribution in [0.2, 0.25) is 5.02 Å². The third-order valence-electron chi connectivity index (χ3n) is 5.66. The number of benzene rings is 2. The zero-order chi connectivity index (χ0) is 22.2. The highest BCUT2D eigenvalue weighted by Crippen LogP contribution is 2.37. The summed E-state index contributed by atoms with van der Waals surface area (Å²) in [5, 5.41) is 6.10. The monoisotopic (exact) mass is 444 g/mol. The molecule has 31 heavy (non-hydrogen) atoms. The molecule has 2 N–H and O–H groups in total. The molecule has 2 aromatic carbocycles. The number of hydrogen-bond acceptors (Lipinski definition) is 4. The van der Waals surface area contributed by atoms with Crippen LogP contribution < -0.4 is 15.4 Å². The first-order valence-corrected chi connectivity index (χ1v) is 11.0. The van der Waals surface area contributed by atoms with Gasteiger partial charge in [-0.3, -0.25) is 4.79 Å². The van der Waals surface area contributed by atoms with E-state index in [2.05, 4.69) is 22.8 Å². The first-order valence-electron chi connectivity index (χ1n) is 10.7. The number of carbonyl (C=O) groups excluding carboxylic acids is 2. The number of carbonyl (C=O) groups is 2. The van der Waals surface area contributed by atoms with Crippen molar-refractivity contribution in [2.75, 3.05) is 24.4 Å². The van der Waals surface area contributed by atoms with Gasteiger partial charge in [-0.15, -0.1) is 0 Å². The van der Waals surface area contributed by atoms with Crippen LogP contribution in [0.1, 0.15) is 50.5 Å². The molecule has 0 heterocycles. The van der Waals surface area contributed by atoms with Crippen molar-refractivity contribution in [3.8, 4) is 5.75 Å². The van der Waals surface area contributed by atoms with Crippen molar-refractivity contribution >= 4 is 35.0 Å². The molecule has 0 aromatic heterocycles. The van der Waals surface area contributed by atoms with Crippen LogP contribution >= 0.6 is 11.6 Å². The second kappa shape index (κ2) is 11.0. The SMILES string of the molecule is CCOC(=O)C[C@H]1CC[C@H](c2ccc(NC(=O)Nc3cc(Cl)ccc3OC)cc2)CC1. The smallest absolute Gasteiger partial charge is 0.323 e. The van der Waals surface area contributed by atoms with Gasteiger partial charge in [-0.1, -0.05) is 23.7 Å². The minimum absolute atomic E-state index is 0.0879. The molecule has 3 rings (SSSR count). The molecule has 0 saturated heterocycles. The molecule has 2 aromatic rings. The van der Waals surface area contributed by atoms with Gasteiger partial charge in [0.15, 0.2) is 0 Å². The van der Waals surface area contributed by atoms with E-state index in [-0.39, 0.29) is 12.0 Å². The summed E-state index contributed by atoms with van der Waals surface area (Å²) in [7, 11) is 1.54. The fraction of sp³-hybridized carbons (Fsp3) is 0.417. The highest BCUT2D eigenvalue weighted by atomic mass is 35.5. The molecule has 0 spiro atoms. The molecule has 1 aliphatic carbocycles. The highest BCUT2D eigenvalue weighted by molar-refractivity contribution is 6.31. The van der Waals surface area contributed by atoms with E-state index < -0.39 is 0 Å². The molecule has 1 aliphatic rings. The predicted molar refractivity (Wildman–Crippen MR) is 123 cm³/mol. The summed E-state index contributed by atoms with van der Waals surface area (Å²) in [6.07, 6.45) is 4.72. The Kier molecular flexibility index (Phi) is 8.18. The van der Waals surface area contributed by atoms with E-state index in [9.17, 15) is 9.59 Å². The molecule has 6 nitrogen and oxygen atoms in total. The lowest BCUT2D eigenvalue weighted by Crippen LogP contribution is -2.20. The maximum absolute atomic E-state index is 12.4. The van der Waals surface area contributed by atoms with Crippen molar-refractivity contribution in [3.63, 3.8) is 0 Å². The molecule has 2 amide bonds. The van der Waals surface area contributed by atoms with E-state index in [4.69, 9.17) is 21.1 Å². The number of methoxy groups -OCH3 is 1. The van der Waals surface area contributed by atoms with E-state index in [1.54, 1.807) is 18.2 Å². The lowest BCUT2D eigenvalue weighted by atomic mass is 9.77. The number of rotatable bonds is 7. The molecular formula is C24H29ClN2O4. The van der Waals surface area contributed by atoms with E-state index in [1.165, 1.54) is 12.7 Å². The van der Waals surface area contributed by atoms with Crippen LogP contribution in [0.25, 0.3) is 0 Å². The van der Waals surface area contributed by atoms with Gasteiger partial charge in [0.25, 0.3) is 0 Å². The van der Waals surface area contributed by atoms with Crippen LogP contribution in [0.3, 0.4) is 0 Å². The fourth-order valence-electron chi connectivity index (χ4n) is 4.06. The van der Waals surface area contributed by atoms with Crippen molar-refractivity contribution < 1.29 is 19.1 Å². The Morgan fingerprint density at radius 2 is 1.74 bits per heavy atom. The maximum Gasteiger partial charge on any atom is 0.323 e. The minimum Gasteiger partial charge on any atom is -0.495 e. The van der Waals surface area contributed by atoms with E-state index in [1.807, 2.05) is 19.1 Å². The molecule has 1 fully saturated rings. The number of hydrogen-bond donors (Lipinski definition) is 2. The predicted octanol–water partition coefficient (Wildman–Crippen LogP) is 6.22. The van der Waals surface area contributed by atoms with Crippen molar-refractivity contribution in [3.05, 3.63) is 53.1 Å². The number of nitrogens with one attached hydrogen (secondary N) is 2. The first kappa shape index (κ1) is 22.9. The van der Waals surface area contributed by atoms with Gasteiger partial charge in [0.1, 0.15) is 5.75 Å². The van der Waals surface area contributed by atoms with Crippen LogP contribution in [0.5, 0.6) is 5.75 Å². The summed E-state index contributed by atoms with van der Waals surface area (Å²) < 4.78 is 10.3. The Bertz CT molecular complexity index is 893. The Morgan fingerprint density at radius 1 is 1.03 bits per heavy atom. The number of ether oxygens (including phenoxy) is 2. The van der Waals surface area contributed by atoms with E-state index in [0.29, 0.717) is 47.0 Å². The first-order chi connectivity index (χ1) is 15.0. The molecule has 0 bridgehead atoms. The van der Waals surface area contributed by atoms with Gasteiger partial charge >= 0.3 is 12.0 Å². The molecule has 0 atom stereocenters. The average Bonchev–Trinajstić information content (AvgIpc) is 2.75. The summed E-state index contributed by atoms with van der Waals surface area (Å²) in [5.74, 6) is 1.35. The van der Waals surface area contributed by atoms with Crippen molar-refractivity contribution in [1.29, 1.82) is 0 Å². The van der Waals surface area contributed by atoms with Crippen LogP contribution in [0.15, 0.2) is 42.5 Å². The van der Waals surface area contributed by atoms with Gasteiger partial charge < -0.3 is 20.1 Å². The summed E-state index contributed by atoms with van der Waals surface area (Å²) in [5.41, 5.74) is 2.47. The standard InChI is InChI=1S/C24H29ClN2O4/c1-3-31-23(28)14-16-4-6-17(7-5-16)18-8-11-20(12-9-18)26-24(29)27-21-15-19(25)10-13-22(21)30-2/h8-13,15-17H,3-7,14H2,1-2H3,(H2,26,27,29)/t16-,17-. The average molecular weight is 445 g/mol. The lowest BCUT2D eigenvalue weighted by Gasteiger charge is -2.28. The summed E-state index contributed by atoms with van der Waals surface area (Å²) in [6, 6.07) is 12.6. The second-order valence-electron chi connectivity index (χ2n) is 7.77. The van der Waals surface area contributed by atoms with Gasteiger partial charge in [0, 0.05) is 17.1 Å². The molecule has 0 radical (unpaired) electrons. The van der Waals surface area contributed by atoms with Crippen molar-refractivity contribution in [1.82, 2.24) is 0 Å². The van der Waals surface area contributed by atoms with Gasteiger partial charge in [-0.05, 0) is 80.3 Å². The van der Waals surface area contributed by atoms with Gasteiger partial charge in [0.2, 0.25) is 0 Å². The van der Waals surface area contributed by atoms with Crippen LogP contribution in [0.4, 0.5) is 16.2 Å². The van der Waals surface area contributed by atoms with E-state index in [0.717, 1.165) is 25.7 Å². The normalized spacial score (nSPS) is 18.2. The summed E-state index contributed by atoms with van der Waals surface area (Å²) >= 11 is 6.01. The second-order valence-corrected chi connectivity index (χ2v) is 8.21. The molecule has 0 aliphatic heterocycles. The summed E-state index contributed by atoms with van der Waals surface area (Å²) in [4.78, 5) is 24.0. The van der Waals surface area contributed by atoms with Gasteiger partial charge in [0.05, 0.1) is 19.4 Å². The van der Waals surface area contributed by atoms with Crippen LogP contribution in [-0.4, -0.2) is 25.7 Å². The highest BCUT2D eigenvalue weighted by Gasteiger charge is 2.24. The number of esters is 1. The maximum atomic E-state index is 12.4. The van der Waals surface area contributed by atoms with E-state index >= 15 is 0 Å². The van der Waals surface area contributed by atoms with Gasteiger partial charge in [-0.2, -0.15) is 0 Å². The largest absolute Gasteiger partial charge is 0.495 e. The third kappa shape index (κ3) is 6.62.